The Bertz CT molecular complexity index is 501. The number of hydrogen-bond acceptors (Lipinski definition) is 6. The number of allylic oxidation sites excluding steroid dienone is 1. The van der Waals surface area contributed by atoms with Crippen LogP contribution in [0, 0.1) is 10.8 Å². The second kappa shape index (κ2) is 5.83. The molecule has 8 heteroatoms. The van der Waals surface area contributed by atoms with Gasteiger partial charge in [-0.2, -0.15) is 0 Å². The molecule has 2 rings (SSSR count). The first-order valence-electron chi connectivity index (χ1n) is 6.91. The molecule has 0 aromatic heterocycles. The lowest BCUT2D eigenvalue weighted by molar-refractivity contribution is 0.0419. The molecule has 5 nitrogen and oxygen atoms in total. The second-order valence-corrected chi connectivity index (χ2v) is 12.9. The Morgan fingerprint density at radius 2 is 1.38 bits per heavy atom. The minimum atomic E-state index is -3.19. The van der Waals surface area contributed by atoms with Crippen molar-refractivity contribution < 1.29 is 22.7 Å². The van der Waals surface area contributed by atoms with E-state index in [4.69, 9.17) is 29.9 Å². The van der Waals surface area contributed by atoms with Gasteiger partial charge in [0.1, 0.15) is 0 Å². The highest BCUT2D eigenvalue weighted by atomic mass is 32.5. The lowest BCUT2D eigenvalue weighted by Gasteiger charge is -2.39. The fraction of sp³-hybridized carbons (Fsp3) is 0.846. The van der Waals surface area contributed by atoms with Crippen LogP contribution in [0.2, 0.25) is 0 Å². The van der Waals surface area contributed by atoms with Crippen molar-refractivity contribution in [3.05, 3.63) is 11.9 Å². The molecule has 2 fully saturated rings. The van der Waals surface area contributed by atoms with Crippen LogP contribution in [0.25, 0.3) is 0 Å². The average molecular weight is 354 g/mol. The van der Waals surface area contributed by atoms with Gasteiger partial charge in [0, 0.05) is 16.1 Å². The van der Waals surface area contributed by atoms with Crippen molar-refractivity contribution in [2.75, 3.05) is 32.6 Å². The van der Waals surface area contributed by atoms with Crippen LogP contribution in [0.5, 0.6) is 0 Å². The van der Waals surface area contributed by atoms with E-state index in [0.717, 1.165) is 0 Å². The zero-order chi connectivity index (χ0) is 15.9. The highest BCUT2D eigenvalue weighted by Gasteiger charge is 2.41. The molecule has 0 radical (unpaired) electrons. The fourth-order valence-corrected chi connectivity index (χ4v) is 7.13. The summed E-state index contributed by atoms with van der Waals surface area (Å²) in [5.74, 6) is 0. The van der Waals surface area contributed by atoms with Crippen molar-refractivity contribution in [1.82, 2.24) is 0 Å². The van der Waals surface area contributed by atoms with E-state index >= 15 is 0 Å². The van der Waals surface area contributed by atoms with Gasteiger partial charge in [0.25, 0.3) is 0 Å². The van der Waals surface area contributed by atoms with Gasteiger partial charge in [-0.05, 0) is 11.8 Å². The van der Waals surface area contributed by atoms with Crippen molar-refractivity contribution in [3.63, 3.8) is 0 Å². The van der Waals surface area contributed by atoms with E-state index in [-0.39, 0.29) is 17.0 Å². The first kappa shape index (κ1) is 17.8. The molecule has 0 N–H and O–H groups in total. The Morgan fingerprint density at radius 3 is 1.81 bits per heavy atom. The third-order valence-electron chi connectivity index (χ3n) is 3.32. The quantitative estimate of drug-likeness (QED) is 0.710. The first-order chi connectivity index (χ1) is 9.46. The third kappa shape index (κ3) is 4.48. The van der Waals surface area contributed by atoms with Gasteiger partial charge in [0.2, 0.25) is 6.49 Å². The van der Waals surface area contributed by atoms with Crippen LogP contribution in [-0.2, 0) is 34.5 Å². The molecule has 0 unspecified atom stereocenters. The largest absolute Gasteiger partial charge is 0.335 e. The molecule has 2 aliphatic heterocycles. The van der Waals surface area contributed by atoms with Crippen molar-refractivity contribution in [2.45, 2.75) is 27.7 Å². The van der Waals surface area contributed by atoms with Gasteiger partial charge in [0.05, 0.1) is 32.6 Å². The molecule has 0 aliphatic carbocycles. The summed E-state index contributed by atoms with van der Waals surface area (Å²) in [6.07, 6.45) is 0.0702. The Morgan fingerprint density at radius 1 is 1.00 bits per heavy atom. The van der Waals surface area contributed by atoms with Crippen molar-refractivity contribution >= 4 is 25.9 Å². The average Bonchev–Trinajstić information content (AvgIpc) is 2.38. The highest BCUT2D eigenvalue weighted by molar-refractivity contribution is 8.12. The van der Waals surface area contributed by atoms with E-state index in [9.17, 15) is 4.57 Å². The van der Waals surface area contributed by atoms with Gasteiger partial charge >= 0.3 is 7.60 Å². The molecule has 2 aliphatic rings. The summed E-state index contributed by atoms with van der Waals surface area (Å²) in [7, 11) is -3.19. The molecule has 0 aromatic rings. The zero-order valence-electron chi connectivity index (χ0n) is 13.1. The number of rotatable bonds is 3. The Hall–Kier alpha value is 0.460. The summed E-state index contributed by atoms with van der Waals surface area (Å²) in [6, 6.07) is 0. The lowest BCUT2D eigenvalue weighted by atomic mass is 9.97. The highest BCUT2D eigenvalue weighted by Crippen LogP contribution is 2.65. The van der Waals surface area contributed by atoms with Gasteiger partial charge in [-0.1, -0.05) is 34.3 Å². The topological polar surface area (TPSA) is 54.0 Å². The maximum Gasteiger partial charge on any atom is 0.335 e. The van der Waals surface area contributed by atoms with Crippen LogP contribution in [0.3, 0.4) is 0 Å². The van der Waals surface area contributed by atoms with Crippen LogP contribution >= 0.6 is 14.1 Å². The minimum absolute atomic E-state index is 0.0608. The van der Waals surface area contributed by atoms with Crippen LogP contribution in [0.4, 0.5) is 0 Å². The van der Waals surface area contributed by atoms with Crippen LogP contribution in [-0.4, -0.2) is 32.6 Å². The standard InChI is InChI=1S/C13H24O5P2S/c1-11(20(21)17-9-13(4,5)10-18-20)6-19(14)15-7-12(2,3)8-16-19/h1,6-10H2,2-5H3. The maximum atomic E-state index is 12.6. The van der Waals surface area contributed by atoms with Gasteiger partial charge in [-0.25, -0.2) is 0 Å². The lowest BCUT2D eigenvalue weighted by Crippen LogP contribution is -2.31. The molecule has 0 amide bonds. The van der Waals surface area contributed by atoms with Gasteiger partial charge in [0.15, 0.2) is 0 Å². The van der Waals surface area contributed by atoms with Crippen LogP contribution in [0.1, 0.15) is 27.7 Å². The van der Waals surface area contributed by atoms with Crippen molar-refractivity contribution in [2.24, 2.45) is 10.8 Å². The molecular formula is C13H24O5P2S. The van der Waals surface area contributed by atoms with Gasteiger partial charge < -0.3 is 18.1 Å². The summed E-state index contributed by atoms with van der Waals surface area (Å²) in [6.45, 7) is 11.2. The van der Waals surface area contributed by atoms with E-state index < -0.39 is 14.1 Å². The predicted molar refractivity (Wildman–Crippen MR) is 87.3 cm³/mol. The van der Waals surface area contributed by atoms with Crippen LogP contribution in [0.15, 0.2) is 11.9 Å². The molecule has 0 saturated carbocycles. The number of hydrogen-bond donors (Lipinski definition) is 0. The Balaban J connectivity index is 1.99. The summed E-state index contributed by atoms with van der Waals surface area (Å²) in [4.78, 5) is 0. The zero-order valence-corrected chi connectivity index (χ0v) is 15.7. The molecule has 0 atom stereocenters. The van der Waals surface area contributed by atoms with E-state index in [0.29, 0.717) is 31.7 Å². The fourth-order valence-electron chi connectivity index (χ4n) is 1.81. The molecule has 21 heavy (non-hydrogen) atoms. The molecule has 0 bridgehead atoms. The second-order valence-electron chi connectivity index (χ2n) is 7.25. The summed E-state index contributed by atoms with van der Waals surface area (Å²) >= 11 is 5.48. The van der Waals surface area contributed by atoms with E-state index in [1.54, 1.807) is 0 Å². The molecular weight excluding hydrogens is 330 g/mol. The molecule has 0 aromatic carbocycles. The van der Waals surface area contributed by atoms with Crippen molar-refractivity contribution in [3.8, 4) is 0 Å². The molecule has 0 spiro atoms. The smallest absolute Gasteiger partial charge is 0.326 e. The Kier molecular flexibility index (Phi) is 4.94. The van der Waals surface area contributed by atoms with Gasteiger partial charge in [-0.3, -0.25) is 4.57 Å². The van der Waals surface area contributed by atoms with Crippen LogP contribution < -0.4 is 0 Å². The third-order valence-corrected chi connectivity index (χ3v) is 8.66. The molecule has 2 saturated heterocycles. The SMILES string of the molecule is C=C(CP1(=O)OCC(C)(C)CO1)P1(=S)OCC(C)(C)CO1. The van der Waals surface area contributed by atoms with E-state index in [1.165, 1.54) is 0 Å². The van der Waals surface area contributed by atoms with Gasteiger partial charge in [-0.15, -0.1) is 0 Å². The monoisotopic (exact) mass is 354 g/mol. The van der Waals surface area contributed by atoms with E-state index in [1.807, 2.05) is 27.7 Å². The first-order valence-corrected chi connectivity index (χ1v) is 11.3. The van der Waals surface area contributed by atoms with E-state index in [2.05, 4.69) is 6.58 Å². The maximum absolute atomic E-state index is 12.6. The Labute approximate surface area is 132 Å². The molecule has 2 heterocycles. The minimum Gasteiger partial charge on any atom is -0.326 e. The summed E-state index contributed by atoms with van der Waals surface area (Å²) < 4.78 is 35.0. The molecule has 122 valence electrons. The predicted octanol–water partition coefficient (Wildman–Crippen LogP) is 4.15. The van der Waals surface area contributed by atoms with Crippen molar-refractivity contribution in [1.29, 1.82) is 0 Å². The normalized spacial score (nSPS) is 29.7. The summed E-state index contributed by atoms with van der Waals surface area (Å²) in [5, 5.41) is 0.524. The summed E-state index contributed by atoms with van der Waals surface area (Å²) in [5.41, 5.74) is -0.188.